The molecular weight excluding hydrogens is 474 g/mol. The van der Waals surface area contributed by atoms with Gasteiger partial charge in [0.05, 0.1) is 0 Å². The number of carbonyl (C=O) groups is 1. The minimum absolute atomic E-state index is 0.0673. The fourth-order valence-electron chi connectivity index (χ4n) is 3.95. The van der Waals surface area contributed by atoms with Crippen LogP contribution < -0.4 is 5.32 Å². The lowest BCUT2D eigenvalue weighted by Crippen LogP contribution is -2.41. The maximum absolute atomic E-state index is 13.4. The quantitative estimate of drug-likeness (QED) is 0.506. The Morgan fingerprint density at radius 3 is 2.50 bits per heavy atom. The molecule has 1 N–H and O–H groups in total. The van der Waals surface area contributed by atoms with Gasteiger partial charge in [0.25, 0.3) is 0 Å². The van der Waals surface area contributed by atoms with Gasteiger partial charge in [-0.2, -0.15) is 4.31 Å². The summed E-state index contributed by atoms with van der Waals surface area (Å²) in [5.74, 6) is -0.226. The average Bonchev–Trinajstić information content (AvgIpc) is 3.20. The van der Waals surface area contributed by atoms with E-state index in [1.807, 2.05) is 31.2 Å². The normalized spacial score (nSPS) is 15.6. The number of rotatable bonds is 6. The number of sulfonamides is 1. The zero-order chi connectivity index (χ0) is 24.3. The summed E-state index contributed by atoms with van der Waals surface area (Å²) < 4.78 is 33.6. The number of benzene rings is 2. The van der Waals surface area contributed by atoms with Crippen LogP contribution in [-0.2, 0) is 14.8 Å². The molecule has 1 aromatic heterocycles. The second kappa shape index (κ2) is 10.1. The largest absolute Gasteiger partial charge is 0.355 e. The molecule has 1 aliphatic heterocycles. The van der Waals surface area contributed by atoms with Gasteiger partial charge in [-0.05, 0) is 56.5 Å². The van der Waals surface area contributed by atoms with Crippen LogP contribution in [0.3, 0.4) is 0 Å². The highest BCUT2D eigenvalue weighted by atomic mass is 35.5. The second-order valence-corrected chi connectivity index (χ2v) is 10.7. The molecule has 3 aromatic rings. The molecule has 0 saturated carbocycles. The van der Waals surface area contributed by atoms with E-state index in [4.69, 9.17) is 16.1 Å². The van der Waals surface area contributed by atoms with E-state index >= 15 is 0 Å². The van der Waals surface area contributed by atoms with Crippen LogP contribution in [0, 0.1) is 19.8 Å². The lowest BCUT2D eigenvalue weighted by atomic mass is 9.97. The van der Waals surface area contributed by atoms with Gasteiger partial charge in [-0.25, -0.2) is 8.42 Å². The Hall–Kier alpha value is -2.94. The topological polar surface area (TPSA) is 92.5 Å². The molecule has 2 heterocycles. The molecule has 1 saturated heterocycles. The van der Waals surface area contributed by atoms with Crippen molar-refractivity contribution in [3.63, 3.8) is 0 Å². The van der Waals surface area contributed by atoms with E-state index in [1.54, 1.807) is 43.3 Å². The van der Waals surface area contributed by atoms with Crippen LogP contribution in [0.25, 0.3) is 12.2 Å². The first-order valence-electron chi connectivity index (χ1n) is 11.0. The number of hydrogen-bond donors (Lipinski definition) is 1. The number of anilines is 1. The van der Waals surface area contributed by atoms with Gasteiger partial charge in [0.1, 0.15) is 5.69 Å². The van der Waals surface area contributed by atoms with Crippen molar-refractivity contribution in [3.05, 3.63) is 76.1 Å². The zero-order valence-electron chi connectivity index (χ0n) is 19.0. The van der Waals surface area contributed by atoms with Crippen LogP contribution in [0.4, 0.5) is 5.69 Å². The first-order chi connectivity index (χ1) is 16.2. The number of carbonyl (C=O) groups excluding carboxylic acids is 1. The molecule has 9 heteroatoms. The van der Waals surface area contributed by atoms with Gasteiger partial charge < -0.3 is 9.84 Å². The molecule has 1 fully saturated rings. The summed E-state index contributed by atoms with van der Waals surface area (Å²) in [4.78, 5) is 12.7. The highest BCUT2D eigenvalue weighted by Gasteiger charge is 2.35. The Labute approximate surface area is 204 Å². The summed E-state index contributed by atoms with van der Waals surface area (Å²) in [6, 6.07) is 14.8. The maximum Gasteiger partial charge on any atom is 0.248 e. The van der Waals surface area contributed by atoms with Gasteiger partial charge in [-0.15, -0.1) is 0 Å². The third kappa shape index (κ3) is 5.41. The molecule has 7 nitrogen and oxygen atoms in total. The smallest absolute Gasteiger partial charge is 0.248 e. The van der Waals surface area contributed by atoms with E-state index in [0.29, 0.717) is 29.2 Å². The van der Waals surface area contributed by atoms with Gasteiger partial charge >= 0.3 is 0 Å². The Balaban J connectivity index is 1.45. The van der Waals surface area contributed by atoms with Crippen LogP contribution in [0.1, 0.15) is 35.4 Å². The molecule has 0 aliphatic carbocycles. The molecule has 4 rings (SSSR count). The maximum atomic E-state index is 13.4. The number of piperidine rings is 1. The fraction of sp³-hybridized carbons (Fsp3) is 0.280. The van der Waals surface area contributed by atoms with Crippen LogP contribution >= 0.6 is 11.6 Å². The molecule has 1 aliphatic rings. The van der Waals surface area contributed by atoms with Crippen LogP contribution in [-0.4, -0.2) is 36.9 Å². The first-order valence-corrected chi connectivity index (χ1v) is 12.8. The lowest BCUT2D eigenvalue weighted by molar-refractivity contribution is -0.120. The van der Waals surface area contributed by atoms with E-state index in [-0.39, 0.29) is 35.6 Å². The summed E-state index contributed by atoms with van der Waals surface area (Å²) in [6.45, 7) is 4.09. The standard InChI is InChI=1S/C25H26ClN3O4S/c1-17-6-8-19(9-7-17)10-11-23-24(18(2)28-33-23)34(31,32)29-14-12-20(13-15-29)25(30)27-22-5-3-4-21(26)16-22/h3-11,16,20H,12-15H2,1-2H3,(H,27,30)/b11-10+. The van der Waals surface area contributed by atoms with Crippen molar-refractivity contribution >= 4 is 45.4 Å². The summed E-state index contributed by atoms with van der Waals surface area (Å²) in [6.07, 6.45) is 4.27. The molecular formula is C25H26ClN3O4S. The first kappa shape index (κ1) is 24.2. The number of nitrogens with zero attached hydrogens (tertiary/aromatic N) is 2. The highest BCUT2D eigenvalue weighted by Crippen LogP contribution is 2.30. The van der Waals surface area contributed by atoms with Crippen LogP contribution in [0.15, 0.2) is 57.9 Å². The summed E-state index contributed by atoms with van der Waals surface area (Å²) in [7, 11) is -3.83. The molecule has 0 unspecified atom stereocenters. The predicted molar refractivity (Wildman–Crippen MR) is 133 cm³/mol. The van der Waals surface area contributed by atoms with Crippen molar-refractivity contribution < 1.29 is 17.7 Å². The van der Waals surface area contributed by atoms with E-state index in [0.717, 1.165) is 11.1 Å². The monoisotopic (exact) mass is 499 g/mol. The molecule has 0 spiro atoms. The molecule has 178 valence electrons. The van der Waals surface area contributed by atoms with Crippen LogP contribution in [0.5, 0.6) is 0 Å². The minimum Gasteiger partial charge on any atom is -0.355 e. The van der Waals surface area contributed by atoms with E-state index in [9.17, 15) is 13.2 Å². The molecule has 0 atom stereocenters. The van der Waals surface area contributed by atoms with Gasteiger partial charge in [-0.1, -0.05) is 58.7 Å². The third-order valence-electron chi connectivity index (χ3n) is 5.85. The second-order valence-electron chi connectivity index (χ2n) is 8.38. The van der Waals surface area contributed by atoms with Gasteiger partial charge in [0.15, 0.2) is 10.7 Å². The predicted octanol–water partition coefficient (Wildman–Crippen LogP) is 5.15. The number of halogens is 1. The van der Waals surface area contributed by atoms with Crippen molar-refractivity contribution in [1.29, 1.82) is 0 Å². The Bertz CT molecular complexity index is 1310. The summed E-state index contributed by atoms with van der Waals surface area (Å²) >= 11 is 5.98. The minimum atomic E-state index is -3.83. The van der Waals surface area contributed by atoms with Gasteiger partial charge in [0, 0.05) is 29.7 Å². The number of amides is 1. The van der Waals surface area contributed by atoms with Crippen molar-refractivity contribution in [1.82, 2.24) is 9.46 Å². The van der Waals surface area contributed by atoms with E-state index in [2.05, 4.69) is 10.5 Å². The summed E-state index contributed by atoms with van der Waals surface area (Å²) in [5, 5.41) is 7.29. The van der Waals surface area contributed by atoms with Crippen molar-refractivity contribution in [2.24, 2.45) is 5.92 Å². The molecule has 0 radical (unpaired) electrons. The summed E-state index contributed by atoms with van der Waals surface area (Å²) in [5.41, 5.74) is 3.00. The number of aryl methyl sites for hydroxylation is 2. The third-order valence-corrected chi connectivity index (χ3v) is 8.15. The van der Waals surface area contributed by atoms with Crippen LogP contribution in [0.2, 0.25) is 5.02 Å². The zero-order valence-corrected chi connectivity index (χ0v) is 20.6. The van der Waals surface area contributed by atoms with Gasteiger partial charge in [-0.3, -0.25) is 4.79 Å². The lowest BCUT2D eigenvalue weighted by Gasteiger charge is -2.30. The Morgan fingerprint density at radius 2 is 1.82 bits per heavy atom. The fourth-order valence-corrected chi connectivity index (χ4v) is 5.86. The SMILES string of the molecule is Cc1ccc(/C=C/c2onc(C)c2S(=O)(=O)N2CCC(C(=O)Nc3cccc(Cl)c3)CC2)cc1. The molecule has 2 aromatic carbocycles. The average molecular weight is 500 g/mol. The Morgan fingerprint density at radius 1 is 1.12 bits per heavy atom. The number of hydrogen-bond acceptors (Lipinski definition) is 5. The van der Waals surface area contributed by atoms with Crippen molar-refractivity contribution in [2.45, 2.75) is 31.6 Å². The van der Waals surface area contributed by atoms with Crippen molar-refractivity contribution in [2.75, 3.05) is 18.4 Å². The number of aromatic nitrogens is 1. The van der Waals surface area contributed by atoms with Crippen molar-refractivity contribution in [3.8, 4) is 0 Å². The molecule has 1 amide bonds. The van der Waals surface area contributed by atoms with E-state index < -0.39 is 10.0 Å². The highest BCUT2D eigenvalue weighted by molar-refractivity contribution is 7.89. The number of nitrogens with one attached hydrogen (secondary N) is 1. The van der Waals surface area contributed by atoms with Gasteiger partial charge in [0.2, 0.25) is 15.9 Å². The Kier molecular flexibility index (Phi) is 7.21. The van der Waals surface area contributed by atoms with E-state index in [1.165, 1.54) is 4.31 Å². The molecule has 0 bridgehead atoms. The molecule has 34 heavy (non-hydrogen) atoms.